The van der Waals surface area contributed by atoms with Gasteiger partial charge in [-0.25, -0.2) is 4.79 Å². The van der Waals surface area contributed by atoms with Crippen LogP contribution in [0.2, 0.25) is 0 Å². The topological polar surface area (TPSA) is 119 Å². The van der Waals surface area contributed by atoms with Crippen molar-refractivity contribution >= 4 is 17.8 Å². The SMILES string of the molecule is CCCCC/C=C\C/C=C\C/C=C\CCCCCCCCC(=O)OC(CCCCCC)CCCCCCC(=O)NC(CCCN)C(=O)O. The van der Waals surface area contributed by atoms with Crippen LogP contribution in [-0.2, 0) is 19.1 Å². The van der Waals surface area contributed by atoms with Gasteiger partial charge in [0.2, 0.25) is 5.91 Å². The number of amides is 1. The highest BCUT2D eigenvalue weighted by Gasteiger charge is 2.19. The van der Waals surface area contributed by atoms with Gasteiger partial charge in [-0.3, -0.25) is 9.59 Å². The van der Waals surface area contributed by atoms with Crippen LogP contribution in [0.1, 0.15) is 187 Å². The lowest BCUT2D eigenvalue weighted by Crippen LogP contribution is -2.40. The highest BCUT2D eigenvalue weighted by Crippen LogP contribution is 2.18. The van der Waals surface area contributed by atoms with Crippen molar-refractivity contribution in [3.8, 4) is 0 Å². The van der Waals surface area contributed by atoms with Gasteiger partial charge < -0.3 is 20.9 Å². The minimum absolute atomic E-state index is 0.0165. The first-order valence-corrected chi connectivity index (χ1v) is 19.8. The van der Waals surface area contributed by atoms with E-state index in [0.29, 0.717) is 32.2 Å². The van der Waals surface area contributed by atoms with Crippen molar-refractivity contribution in [3.63, 3.8) is 0 Å². The fourth-order valence-electron chi connectivity index (χ4n) is 5.69. The molecular weight excluding hydrogens is 600 g/mol. The number of allylic oxidation sites excluding steroid dienone is 6. The Morgan fingerprint density at radius 2 is 1.08 bits per heavy atom. The Hall–Kier alpha value is -2.41. The quantitative estimate of drug-likeness (QED) is 0.0350. The molecule has 1 amide bonds. The maximum absolute atomic E-state index is 12.6. The van der Waals surface area contributed by atoms with Gasteiger partial charge in [-0.1, -0.05) is 121 Å². The number of unbranched alkanes of at least 4 members (excludes halogenated alkanes) is 15. The summed E-state index contributed by atoms with van der Waals surface area (Å²) in [5, 5.41) is 11.9. The van der Waals surface area contributed by atoms with Gasteiger partial charge in [-0.15, -0.1) is 0 Å². The molecule has 0 radical (unpaired) electrons. The fraction of sp³-hybridized carbons (Fsp3) is 0.780. The molecule has 0 bridgehead atoms. The van der Waals surface area contributed by atoms with Crippen molar-refractivity contribution in [1.82, 2.24) is 5.32 Å². The molecule has 0 rings (SSSR count). The second kappa shape index (κ2) is 35.9. The Balaban J connectivity index is 4.03. The number of hydrogen-bond acceptors (Lipinski definition) is 5. The van der Waals surface area contributed by atoms with Gasteiger partial charge in [0, 0.05) is 12.8 Å². The lowest BCUT2D eigenvalue weighted by atomic mass is 10.0. The van der Waals surface area contributed by atoms with Crippen molar-refractivity contribution in [3.05, 3.63) is 36.5 Å². The number of carboxylic acids is 1. The second-order valence-electron chi connectivity index (χ2n) is 13.3. The van der Waals surface area contributed by atoms with E-state index >= 15 is 0 Å². The Bertz CT molecular complexity index is 854. The lowest BCUT2D eigenvalue weighted by Gasteiger charge is -2.18. The summed E-state index contributed by atoms with van der Waals surface area (Å²) in [4.78, 5) is 36.1. The van der Waals surface area contributed by atoms with Gasteiger partial charge in [0.1, 0.15) is 12.1 Å². The van der Waals surface area contributed by atoms with Crippen LogP contribution in [-0.4, -0.2) is 41.6 Å². The molecule has 7 nitrogen and oxygen atoms in total. The van der Waals surface area contributed by atoms with E-state index in [0.717, 1.165) is 77.0 Å². The maximum atomic E-state index is 12.6. The smallest absolute Gasteiger partial charge is 0.326 e. The first-order chi connectivity index (χ1) is 23.4. The van der Waals surface area contributed by atoms with Crippen LogP contribution in [0.5, 0.6) is 0 Å². The summed E-state index contributed by atoms with van der Waals surface area (Å²) in [5.41, 5.74) is 5.46. The molecule has 278 valence electrons. The number of carboxylic acid groups (broad SMARTS) is 1. The van der Waals surface area contributed by atoms with Crippen LogP contribution in [0.3, 0.4) is 0 Å². The number of carbonyl (C=O) groups is 3. The minimum atomic E-state index is -1.01. The van der Waals surface area contributed by atoms with E-state index in [2.05, 4.69) is 55.6 Å². The summed E-state index contributed by atoms with van der Waals surface area (Å²) in [7, 11) is 0. The third kappa shape index (κ3) is 32.2. The van der Waals surface area contributed by atoms with Crippen LogP contribution in [0.25, 0.3) is 0 Å². The highest BCUT2D eigenvalue weighted by molar-refractivity contribution is 5.83. The molecule has 0 saturated carbocycles. The van der Waals surface area contributed by atoms with E-state index in [9.17, 15) is 19.5 Å². The zero-order chi connectivity index (χ0) is 35.3. The monoisotopic (exact) mass is 675 g/mol. The molecule has 0 aliphatic rings. The van der Waals surface area contributed by atoms with Gasteiger partial charge in [-0.2, -0.15) is 0 Å². The van der Waals surface area contributed by atoms with Crippen molar-refractivity contribution in [1.29, 1.82) is 0 Å². The highest BCUT2D eigenvalue weighted by atomic mass is 16.5. The average molecular weight is 675 g/mol. The summed E-state index contributed by atoms with van der Waals surface area (Å²) >= 11 is 0. The average Bonchev–Trinajstić information content (AvgIpc) is 3.07. The Labute approximate surface area is 295 Å². The largest absolute Gasteiger partial charge is 0.480 e. The molecule has 4 N–H and O–H groups in total. The van der Waals surface area contributed by atoms with Crippen LogP contribution < -0.4 is 11.1 Å². The van der Waals surface area contributed by atoms with Gasteiger partial charge in [0.15, 0.2) is 0 Å². The number of aliphatic carboxylic acids is 1. The summed E-state index contributed by atoms with van der Waals surface area (Å²) < 4.78 is 5.93. The summed E-state index contributed by atoms with van der Waals surface area (Å²) in [6.45, 7) is 4.85. The molecule has 0 aliphatic heterocycles. The van der Waals surface area contributed by atoms with Crippen molar-refractivity contribution in [2.24, 2.45) is 5.73 Å². The van der Waals surface area contributed by atoms with Crippen molar-refractivity contribution in [2.45, 2.75) is 199 Å². The van der Waals surface area contributed by atoms with Crippen LogP contribution in [0.4, 0.5) is 0 Å². The number of nitrogens with one attached hydrogen (secondary N) is 1. The molecule has 48 heavy (non-hydrogen) atoms. The molecule has 0 spiro atoms. The Morgan fingerprint density at radius 3 is 1.67 bits per heavy atom. The normalized spacial score (nSPS) is 13.1. The van der Waals surface area contributed by atoms with Gasteiger partial charge in [0.25, 0.3) is 0 Å². The molecular formula is C41H74N2O5. The Kier molecular flexibility index (Phi) is 34.1. The molecule has 0 aliphatic carbocycles. The molecule has 0 heterocycles. The zero-order valence-electron chi connectivity index (χ0n) is 31.1. The minimum Gasteiger partial charge on any atom is -0.480 e. The van der Waals surface area contributed by atoms with Crippen LogP contribution >= 0.6 is 0 Å². The summed E-state index contributed by atoms with van der Waals surface area (Å²) in [5.74, 6) is -1.29. The summed E-state index contributed by atoms with van der Waals surface area (Å²) in [6.07, 6.45) is 40.6. The molecule has 0 aromatic heterocycles. The van der Waals surface area contributed by atoms with Crippen molar-refractivity contribution < 1.29 is 24.2 Å². The maximum Gasteiger partial charge on any atom is 0.326 e. The first kappa shape index (κ1) is 45.6. The lowest BCUT2D eigenvalue weighted by molar-refractivity contribution is -0.150. The second-order valence-corrected chi connectivity index (χ2v) is 13.3. The zero-order valence-corrected chi connectivity index (χ0v) is 31.1. The summed E-state index contributed by atoms with van der Waals surface area (Å²) in [6, 6.07) is -0.864. The van der Waals surface area contributed by atoms with Crippen LogP contribution in [0.15, 0.2) is 36.5 Å². The van der Waals surface area contributed by atoms with E-state index in [1.165, 1.54) is 70.6 Å². The molecule has 0 aromatic carbocycles. The van der Waals surface area contributed by atoms with E-state index in [1.54, 1.807) is 0 Å². The van der Waals surface area contributed by atoms with E-state index < -0.39 is 12.0 Å². The molecule has 0 fully saturated rings. The number of ether oxygens (including phenoxy) is 1. The van der Waals surface area contributed by atoms with E-state index in [1.807, 2.05) is 0 Å². The van der Waals surface area contributed by atoms with Crippen LogP contribution in [0, 0.1) is 0 Å². The van der Waals surface area contributed by atoms with E-state index in [-0.39, 0.29) is 18.0 Å². The number of carbonyl (C=O) groups excluding carboxylic acids is 2. The fourth-order valence-corrected chi connectivity index (χ4v) is 5.69. The molecule has 7 heteroatoms. The number of rotatable bonds is 35. The van der Waals surface area contributed by atoms with Gasteiger partial charge >= 0.3 is 11.9 Å². The van der Waals surface area contributed by atoms with Gasteiger partial charge in [-0.05, 0) is 96.4 Å². The molecule has 2 atom stereocenters. The molecule has 2 unspecified atom stereocenters. The standard InChI is InChI=1S/C41H74N2O5/c1-3-5-7-9-10-11-12-13-14-15-16-17-18-19-20-21-22-23-29-35-40(45)48-37(31-26-8-6-4-2)32-27-24-25-28-34-39(44)43-38(41(46)47)33-30-36-42/h10-11,13-14,16-17,37-38H,3-9,12,15,18-36,42H2,1-2H3,(H,43,44)(H,46,47)/b11-10-,14-13-,17-16-. The van der Waals surface area contributed by atoms with Gasteiger partial charge in [0.05, 0.1) is 0 Å². The molecule has 0 aromatic rings. The first-order valence-electron chi connectivity index (χ1n) is 19.8. The Morgan fingerprint density at radius 1 is 0.604 bits per heavy atom. The number of nitrogens with two attached hydrogens (primary N) is 1. The van der Waals surface area contributed by atoms with E-state index in [4.69, 9.17) is 10.5 Å². The third-order valence-electron chi connectivity index (χ3n) is 8.71. The van der Waals surface area contributed by atoms with Crippen molar-refractivity contribution in [2.75, 3.05) is 6.54 Å². The molecule has 0 saturated heterocycles. The number of esters is 1. The predicted octanol–water partition coefficient (Wildman–Crippen LogP) is 10.7. The third-order valence-corrected chi connectivity index (χ3v) is 8.71. The number of hydrogen-bond donors (Lipinski definition) is 3. The predicted molar refractivity (Wildman–Crippen MR) is 202 cm³/mol.